The summed E-state index contributed by atoms with van der Waals surface area (Å²) in [6.07, 6.45) is 6.93. The molecule has 6 heteroatoms. The molecule has 25 heavy (non-hydrogen) atoms. The average molecular weight is 348 g/mol. The van der Waals surface area contributed by atoms with Crippen LogP contribution in [0.2, 0.25) is 0 Å². The molecule has 2 saturated heterocycles. The first-order chi connectivity index (χ1) is 12.0. The fourth-order valence-corrected chi connectivity index (χ4v) is 4.59. The maximum atomic E-state index is 13.2. The predicted molar refractivity (Wildman–Crippen MR) is 98.3 cm³/mol. The van der Waals surface area contributed by atoms with Crippen LogP contribution in [-0.4, -0.2) is 61.7 Å². The maximum Gasteiger partial charge on any atom is 0.239 e. The van der Waals surface area contributed by atoms with Gasteiger partial charge < -0.3 is 4.90 Å². The van der Waals surface area contributed by atoms with Crippen LogP contribution in [0.3, 0.4) is 0 Å². The number of carbonyl (C=O) groups is 1. The Bertz CT molecular complexity index is 599. The number of aromatic nitrogens is 3. The number of amides is 1. The maximum absolute atomic E-state index is 13.2. The van der Waals surface area contributed by atoms with E-state index < -0.39 is 0 Å². The highest BCUT2D eigenvalue weighted by Gasteiger charge is 2.36. The zero-order valence-electron chi connectivity index (χ0n) is 16.2. The van der Waals surface area contributed by atoms with Crippen LogP contribution >= 0.6 is 0 Å². The molecule has 2 aliphatic rings. The zero-order chi connectivity index (χ0) is 18.0. The van der Waals surface area contributed by atoms with Gasteiger partial charge in [-0.05, 0) is 65.8 Å². The van der Waals surface area contributed by atoms with E-state index in [1.165, 1.54) is 6.42 Å². The second-order valence-electron chi connectivity index (χ2n) is 7.69. The summed E-state index contributed by atoms with van der Waals surface area (Å²) in [4.78, 5) is 22.1. The Hall–Kier alpha value is -1.43. The molecule has 1 aromatic rings. The molecule has 2 aliphatic heterocycles. The summed E-state index contributed by atoms with van der Waals surface area (Å²) in [7, 11) is 0. The topological polar surface area (TPSA) is 54.3 Å². The van der Waals surface area contributed by atoms with Gasteiger partial charge in [0.05, 0.1) is 12.6 Å². The van der Waals surface area contributed by atoms with Gasteiger partial charge in [0.1, 0.15) is 11.6 Å². The van der Waals surface area contributed by atoms with Crippen molar-refractivity contribution >= 4 is 5.91 Å². The van der Waals surface area contributed by atoms with Crippen molar-refractivity contribution in [3.05, 3.63) is 11.6 Å². The van der Waals surface area contributed by atoms with Crippen LogP contribution in [0.4, 0.5) is 0 Å². The number of aryl methyl sites for hydroxylation is 2. The third kappa shape index (κ3) is 3.89. The Kier molecular flexibility index (Phi) is 5.77. The lowest BCUT2D eigenvalue weighted by atomic mass is 9.99. The van der Waals surface area contributed by atoms with E-state index in [0.717, 1.165) is 63.4 Å². The molecule has 1 aromatic heterocycles. The molecule has 0 aromatic carbocycles. The summed E-state index contributed by atoms with van der Waals surface area (Å²) in [6.45, 7) is 11.0. The first-order valence-electron chi connectivity index (χ1n) is 9.95. The third-order valence-corrected chi connectivity index (χ3v) is 6.01. The standard InChI is InChI=1S/C19H33N5O/c1-5-17-9-6-7-11-23(17)19(25)14(2)22-12-8-10-18(22)13-24-16(4)20-15(3)21-24/h14,17-18H,5-13H2,1-4H3/t14-,17+,18-/m0/s1. The number of piperidine rings is 1. The van der Waals surface area contributed by atoms with Gasteiger partial charge in [-0.25, -0.2) is 9.67 Å². The molecule has 6 nitrogen and oxygen atoms in total. The van der Waals surface area contributed by atoms with Gasteiger partial charge in [-0.3, -0.25) is 9.69 Å². The average Bonchev–Trinajstić information content (AvgIpc) is 3.20. The van der Waals surface area contributed by atoms with Gasteiger partial charge in [0.25, 0.3) is 0 Å². The molecule has 140 valence electrons. The zero-order valence-corrected chi connectivity index (χ0v) is 16.2. The summed E-state index contributed by atoms with van der Waals surface area (Å²) < 4.78 is 2.01. The van der Waals surface area contributed by atoms with Gasteiger partial charge >= 0.3 is 0 Å². The molecule has 0 spiro atoms. The van der Waals surface area contributed by atoms with E-state index >= 15 is 0 Å². The minimum Gasteiger partial charge on any atom is -0.338 e. The Labute approximate surface area is 151 Å². The number of hydrogen-bond acceptors (Lipinski definition) is 4. The number of hydrogen-bond donors (Lipinski definition) is 0. The normalized spacial score (nSPS) is 26.2. The molecule has 1 amide bonds. The predicted octanol–water partition coefficient (Wildman–Crippen LogP) is 2.54. The van der Waals surface area contributed by atoms with Crippen molar-refractivity contribution in [2.24, 2.45) is 0 Å². The third-order valence-electron chi connectivity index (χ3n) is 6.01. The van der Waals surface area contributed by atoms with Crippen LogP contribution in [0.25, 0.3) is 0 Å². The molecule has 3 rings (SSSR count). The summed E-state index contributed by atoms with van der Waals surface area (Å²) in [5.41, 5.74) is 0. The van der Waals surface area contributed by atoms with Crippen molar-refractivity contribution in [2.45, 2.75) is 90.9 Å². The Balaban J connectivity index is 1.68. The number of likely N-dealkylation sites (tertiary alicyclic amines) is 2. The second-order valence-corrected chi connectivity index (χ2v) is 7.69. The van der Waals surface area contributed by atoms with Gasteiger partial charge in [-0.15, -0.1) is 0 Å². The largest absolute Gasteiger partial charge is 0.338 e. The molecular weight excluding hydrogens is 314 g/mol. The SMILES string of the molecule is CC[C@@H]1CCCCN1C(=O)[C@H](C)N1CCC[C@H]1Cn1nc(C)nc1C. The lowest BCUT2D eigenvalue weighted by Crippen LogP contribution is -2.53. The van der Waals surface area contributed by atoms with Gasteiger partial charge in [-0.1, -0.05) is 6.92 Å². The Morgan fingerprint density at radius 1 is 1.16 bits per heavy atom. The van der Waals surface area contributed by atoms with Gasteiger partial charge in [0, 0.05) is 18.6 Å². The number of carbonyl (C=O) groups excluding carboxylic acids is 1. The second kappa shape index (κ2) is 7.85. The quantitative estimate of drug-likeness (QED) is 0.821. The lowest BCUT2D eigenvalue weighted by molar-refractivity contribution is -0.140. The summed E-state index contributed by atoms with van der Waals surface area (Å²) in [5.74, 6) is 2.11. The molecule has 0 N–H and O–H groups in total. The Morgan fingerprint density at radius 2 is 1.92 bits per heavy atom. The van der Waals surface area contributed by atoms with E-state index in [1.807, 2.05) is 18.5 Å². The molecular formula is C19H33N5O. The number of rotatable bonds is 5. The first kappa shape index (κ1) is 18.4. The highest BCUT2D eigenvalue weighted by atomic mass is 16.2. The summed E-state index contributed by atoms with van der Waals surface area (Å²) in [5, 5.41) is 4.51. The van der Waals surface area contributed by atoms with Crippen LogP contribution in [0.5, 0.6) is 0 Å². The van der Waals surface area contributed by atoms with Crippen LogP contribution in [0, 0.1) is 13.8 Å². The molecule has 3 heterocycles. The van der Waals surface area contributed by atoms with E-state index in [2.05, 4.69) is 33.7 Å². The Morgan fingerprint density at radius 3 is 2.60 bits per heavy atom. The summed E-state index contributed by atoms with van der Waals surface area (Å²) >= 11 is 0. The van der Waals surface area contributed by atoms with Crippen LogP contribution in [0.15, 0.2) is 0 Å². The van der Waals surface area contributed by atoms with Gasteiger partial charge in [0.15, 0.2) is 0 Å². The van der Waals surface area contributed by atoms with Crippen LogP contribution < -0.4 is 0 Å². The molecule has 0 aliphatic carbocycles. The van der Waals surface area contributed by atoms with Gasteiger partial charge in [-0.2, -0.15) is 5.10 Å². The number of nitrogens with zero attached hydrogens (tertiary/aromatic N) is 5. The molecule has 0 bridgehead atoms. The summed E-state index contributed by atoms with van der Waals surface area (Å²) in [6, 6.07) is 0.776. The first-order valence-corrected chi connectivity index (χ1v) is 9.95. The molecule has 0 saturated carbocycles. The van der Waals surface area contributed by atoms with Crippen molar-refractivity contribution < 1.29 is 4.79 Å². The van der Waals surface area contributed by atoms with Crippen molar-refractivity contribution in [1.29, 1.82) is 0 Å². The minimum atomic E-state index is -0.0374. The highest BCUT2D eigenvalue weighted by Crippen LogP contribution is 2.26. The molecule has 2 fully saturated rings. The van der Waals surface area contributed by atoms with Gasteiger partial charge in [0.2, 0.25) is 5.91 Å². The monoisotopic (exact) mass is 347 g/mol. The highest BCUT2D eigenvalue weighted by molar-refractivity contribution is 5.82. The van der Waals surface area contributed by atoms with E-state index in [-0.39, 0.29) is 6.04 Å². The van der Waals surface area contributed by atoms with Crippen LogP contribution in [0.1, 0.15) is 64.0 Å². The van der Waals surface area contributed by atoms with Crippen molar-refractivity contribution in [2.75, 3.05) is 13.1 Å². The van der Waals surface area contributed by atoms with Crippen molar-refractivity contribution in [1.82, 2.24) is 24.6 Å². The fraction of sp³-hybridized carbons (Fsp3) is 0.842. The molecule has 3 atom stereocenters. The van der Waals surface area contributed by atoms with Crippen molar-refractivity contribution in [3.63, 3.8) is 0 Å². The van der Waals surface area contributed by atoms with Crippen molar-refractivity contribution in [3.8, 4) is 0 Å². The molecule has 0 unspecified atom stereocenters. The van der Waals surface area contributed by atoms with Crippen LogP contribution in [-0.2, 0) is 11.3 Å². The minimum absolute atomic E-state index is 0.0374. The van der Waals surface area contributed by atoms with E-state index in [4.69, 9.17) is 0 Å². The van der Waals surface area contributed by atoms with E-state index in [9.17, 15) is 4.79 Å². The smallest absolute Gasteiger partial charge is 0.239 e. The van der Waals surface area contributed by atoms with E-state index in [0.29, 0.717) is 18.0 Å². The fourth-order valence-electron chi connectivity index (χ4n) is 4.59. The van der Waals surface area contributed by atoms with E-state index in [1.54, 1.807) is 0 Å². The lowest BCUT2D eigenvalue weighted by Gasteiger charge is -2.40. The molecule has 0 radical (unpaired) electrons.